The van der Waals surface area contributed by atoms with Crippen molar-refractivity contribution in [2.75, 3.05) is 13.6 Å². The van der Waals surface area contributed by atoms with Gasteiger partial charge in [-0.2, -0.15) is 0 Å². The van der Waals surface area contributed by atoms with Crippen LogP contribution in [0.4, 0.5) is 0 Å². The van der Waals surface area contributed by atoms with Gasteiger partial charge in [0.25, 0.3) is 0 Å². The van der Waals surface area contributed by atoms with E-state index in [4.69, 9.17) is 0 Å². The maximum absolute atomic E-state index is 2.43. The molecule has 0 unspecified atom stereocenters. The Kier molecular flexibility index (Phi) is 5.56. The highest BCUT2D eigenvalue weighted by Gasteiger charge is 2.15. The zero-order valence-electron chi connectivity index (χ0n) is 9.48. The summed E-state index contributed by atoms with van der Waals surface area (Å²) in [5.74, 6) is 0. The summed E-state index contributed by atoms with van der Waals surface area (Å²) >= 11 is 0. The van der Waals surface area contributed by atoms with Crippen LogP contribution in [0.25, 0.3) is 0 Å². The van der Waals surface area contributed by atoms with E-state index in [1.807, 2.05) is 0 Å². The molecule has 0 saturated heterocycles. The molecule has 0 heterocycles. The van der Waals surface area contributed by atoms with Crippen LogP contribution in [0.3, 0.4) is 0 Å². The second-order valence-corrected chi connectivity index (χ2v) is 4.65. The standard InChI is InChI=1S/C11H25N/c1-6-7-8-9-10-12(5)11(2,3)4/h6-10H2,1-5H3. The summed E-state index contributed by atoms with van der Waals surface area (Å²) in [6.07, 6.45) is 5.45. The van der Waals surface area contributed by atoms with Crippen LogP contribution in [0.15, 0.2) is 0 Å². The molecule has 12 heavy (non-hydrogen) atoms. The van der Waals surface area contributed by atoms with Gasteiger partial charge in [0.05, 0.1) is 0 Å². The molecule has 0 rings (SSSR count). The molecule has 0 aliphatic rings. The lowest BCUT2D eigenvalue weighted by atomic mass is 10.1. The van der Waals surface area contributed by atoms with Crippen molar-refractivity contribution < 1.29 is 0 Å². The summed E-state index contributed by atoms with van der Waals surface area (Å²) < 4.78 is 0. The largest absolute Gasteiger partial charge is 0.302 e. The zero-order chi connectivity index (χ0) is 9.61. The molecule has 0 bridgehead atoms. The molecular weight excluding hydrogens is 146 g/mol. The van der Waals surface area contributed by atoms with E-state index < -0.39 is 0 Å². The molecule has 0 spiro atoms. The Morgan fingerprint density at radius 1 is 1.00 bits per heavy atom. The van der Waals surface area contributed by atoms with E-state index in [1.54, 1.807) is 0 Å². The molecule has 0 amide bonds. The van der Waals surface area contributed by atoms with Crippen molar-refractivity contribution in [2.45, 2.75) is 58.9 Å². The fourth-order valence-corrected chi connectivity index (χ4v) is 1.11. The highest BCUT2D eigenvalue weighted by molar-refractivity contribution is 4.72. The van der Waals surface area contributed by atoms with Gasteiger partial charge in [-0.25, -0.2) is 0 Å². The van der Waals surface area contributed by atoms with Gasteiger partial charge in [-0.3, -0.25) is 0 Å². The molecule has 0 saturated carbocycles. The quantitative estimate of drug-likeness (QED) is 0.574. The molecule has 0 radical (unpaired) electrons. The predicted molar refractivity (Wildman–Crippen MR) is 56.5 cm³/mol. The molecule has 1 heteroatoms. The van der Waals surface area contributed by atoms with Crippen LogP contribution in [-0.2, 0) is 0 Å². The van der Waals surface area contributed by atoms with Crippen molar-refractivity contribution >= 4 is 0 Å². The fraction of sp³-hybridized carbons (Fsp3) is 1.00. The first-order valence-corrected chi connectivity index (χ1v) is 5.19. The third-order valence-corrected chi connectivity index (χ3v) is 2.49. The minimum atomic E-state index is 0.339. The van der Waals surface area contributed by atoms with E-state index in [-0.39, 0.29) is 0 Å². The Morgan fingerprint density at radius 3 is 2.00 bits per heavy atom. The second-order valence-electron chi connectivity index (χ2n) is 4.65. The fourth-order valence-electron chi connectivity index (χ4n) is 1.11. The molecule has 0 aromatic rings. The SMILES string of the molecule is CCCCCCN(C)C(C)(C)C. The zero-order valence-corrected chi connectivity index (χ0v) is 9.48. The highest BCUT2D eigenvalue weighted by Crippen LogP contribution is 2.11. The highest BCUT2D eigenvalue weighted by atomic mass is 15.1. The van der Waals surface area contributed by atoms with Crippen LogP contribution in [0.2, 0.25) is 0 Å². The first kappa shape index (κ1) is 12.0. The van der Waals surface area contributed by atoms with Crippen LogP contribution in [0, 0.1) is 0 Å². The number of nitrogens with zero attached hydrogens (tertiary/aromatic N) is 1. The van der Waals surface area contributed by atoms with Gasteiger partial charge in [-0.1, -0.05) is 26.2 Å². The Labute approximate surface area is 78.1 Å². The molecule has 0 fully saturated rings. The van der Waals surface area contributed by atoms with Crippen molar-refractivity contribution in [1.29, 1.82) is 0 Å². The van der Waals surface area contributed by atoms with Gasteiger partial charge in [-0.15, -0.1) is 0 Å². The van der Waals surface area contributed by atoms with Gasteiger partial charge in [0, 0.05) is 5.54 Å². The van der Waals surface area contributed by atoms with Crippen molar-refractivity contribution in [3.63, 3.8) is 0 Å². The van der Waals surface area contributed by atoms with E-state index in [2.05, 4.69) is 39.6 Å². The Morgan fingerprint density at radius 2 is 1.58 bits per heavy atom. The molecule has 0 atom stereocenters. The van der Waals surface area contributed by atoms with Crippen LogP contribution in [-0.4, -0.2) is 24.0 Å². The van der Waals surface area contributed by atoms with Gasteiger partial charge in [0.15, 0.2) is 0 Å². The minimum Gasteiger partial charge on any atom is -0.302 e. The summed E-state index contributed by atoms with van der Waals surface area (Å²) in [6.45, 7) is 10.3. The van der Waals surface area contributed by atoms with Gasteiger partial charge in [0.2, 0.25) is 0 Å². The lowest BCUT2D eigenvalue weighted by Gasteiger charge is -2.31. The van der Waals surface area contributed by atoms with E-state index in [1.165, 1.54) is 32.2 Å². The Balaban J connectivity index is 3.38. The predicted octanol–water partition coefficient (Wildman–Crippen LogP) is 3.30. The number of hydrogen-bond donors (Lipinski definition) is 0. The van der Waals surface area contributed by atoms with Crippen LogP contribution < -0.4 is 0 Å². The first-order chi connectivity index (χ1) is 5.48. The summed E-state index contributed by atoms with van der Waals surface area (Å²) in [5.41, 5.74) is 0.339. The maximum atomic E-state index is 2.43. The van der Waals surface area contributed by atoms with E-state index >= 15 is 0 Å². The molecule has 0 N–H and O–H groups in total. The number of rotatable bonds is 5. The normalized spacial score (nSPS) is 12.5. The number of hydrogen-bond acceptors (Lipinski definition) is 1. The van der Waals surface area contributed by atoms with E-state index in [0.717, 1.165) is 0 Å². The van der Waals surface area contributed by atoms with Crippen LogP contribution in [0.5, 0.6) is 0 Å². The third kappa shape index (κ3) is 5.59. The second kappa shape index (κ2) is 5.58. The van der Waals surface area contributed by atoms with Gasteiger partial charge < -0.3 is 4.90 Å². The molecule has 0 aliphatic carbocycles. The minimum absolute atomic E-state index is 0.339. The molecule has 1 nitrogen and oxygen atoms in total. The van der Waals surface area contributed by atoms with Crippen LogP contribution in [0.1, 0.15) is 53.4 Å². The lowest BCUT2D eigenvalue weighted by Crippen LogP contribution is -2.38. The lowest BCUT2D eigenvalue weighted by molar-refractivity contribution is 0.172. The summed E-state index contributed by atoms with van der Waals surface area (Å²) in [7, 11) is 2.21. The van der Waals surface area contributed by atoms with Gasteiger partial charge in [-0.05, 0) is 40.8 Å². The number of unbranched alkanes of at least 4 members (excludes halogenated alkanes) is 3. The van der Waals surface area contributed by atoms with E-state index in [0.29, 0.717) is 5.54 Å². The molecule has 0 aromatic carbocycles. The average molecular weight is 171 g/mol. The first-order valence-electron chi connectivity index (χ1n) is 5.19. The van der Waals surface area contributed by atoms with Crippen molar-refractivity contribution in [1.82, 2.24) is 4.90 Å². The molecule has 0 aromatic heterocycles. The Hall–Kier alpha value is -0.0400. The maximum Gasteiger partial charge on any atom is 0.0122 e. The topological polar surface area (TPSA) is 3.24 Å². The molecule has 0 aliphatic heterocycles. The summed E-state index contributed by atoms with van der Waals surface area (Å²) in [4.78, 5) is 2.43. The van der Waals surface area contributed by atoms with Crippen molar-refractivity contribution in [3.05, 3.63) is 0 Å². The average Bonchev–Trinajstić information content (AvgIpc) is 1.96. The summed E-state index contributed by atoms with van der Waals surface area (Å²) in [6, 6.07) is 0. The van der Waals surface area contributed by atoms with E-state index in [9.17, 15) is 0 Å². The third-order valence-electron chi connectivity index (χ3n) is 2.49. The smallest absolute Gasteiger partial charge is 0.0122 e. The Bertz CT molecular complexity index is 102. The van der Waals surface area contributed by atoms with Gasteiger partial charge >= 0.3 is 0 Å². The van der Waals surface area contributed by atoms with Crippen molar-refractivity contribution in [2.24, 2.45) is 0 Å². The molecule has 74 valence electrons. The summed E-state index contributed by atoms with van der Waals surface area (Å²) in [5, 5.41) is 0. The van der Waals surface area contributed by atoms with Gasteiger partial charge in [0.1, 0.15) is 0 Å². The molecular formula is C11H25N. The van der Waals surface area contributed by atoms with Crippen LogP contribution >= 0.6 is 0 Å². The van der Waals surface area contributed by atoms with Crippen molar-refractivity contribution in [3.8, 4) is 0 Å². The monoisotopic (exact) mass is 171 g/mol.